The molecule has 2 heterocycles. The SMILES string of the molecule is COCCC1(NC(=O)Nc2cccc(C)c2)CCN(C(=O)c2ccco2)C1. The van der Waals surface area contributed by atoms with Gasteiger partial charge in [0.15, 0.2) is 5.76 Å². The van der Waals surface area contributed by atoms with Gasteiger partial charge >= 0.3 is 6.03 Å². The zero-order chi connectivity index (χ0) is 19.3. The highest BCUT2D eigenvalue weighted by Crippen LogP contribution is 2.27. The summed E-state index contributed by atoms with van der Waals surface area (Å²) in [6.45, 7) is 3.43. The van der Waals surface area contributed by atoms with Gasteiger partial charge in [-0.25, -0.2) is 4.79 Å². The standard InChI is InChI=1S/C20H25N3O4/c1-15-5-3-6-16(13-15)21-19(25)22-20(9-12-26-2)8-10-23(14-20)18(24)17-7-4-11-27-17/h3-7,11,13H,8-10,12,14H2,1-2H3,(H2,21,22,25). The molecule has 1 aliphatic heterocycles. The molecule has 1 fully saturated rings. The number of likely N-dealkylation sites (tertiary alicyclic amines) is 1. The summed E-state index contributed by atoms with van der Waals surface area (Å²) in [5.74, 6) is 0.141. The molecule has 1 atom stereocenters. The third-order valence-corrected chi connectivity index (χ3v) is 4.81. The maximum absolute atomic E-state index is 12.6. The van der Waals surface area contributed by atoms with Gasteiger partial charge in [0.1, 0.15) is 0 Å². The topological polar surface area (TPSA) is 83.8 Å². The molecule has 0 radical (unpaired) electrons. The second-order valence-corrected chi connectivity index (χ2v) is 6.93. The van der Waals surface area contributed by atoms with E-state index in [0.717, 1.165) is 11.3 Å². The van der Waals surface area contributed by atoms with E-state index in [1.54, 1.807) is 24.1 Å². The van der Waals surface area contributed by atoms with Crippen LogP contribution in [0.15, 0.2) is 47.1 Å². The van der Waals surface area contributed by atoms with Crippen LogP contribution in [0, 0.1) is 6.92 Å². The van der Waals surface area contributed by atoms with Gasteiger partial charge in [-0.15, -0.1) is 0 Å². The first-order valence-electron chi connectivity index (χ1n) is 8.99. The number of nitrogens with one attached hydrogen (secondary N) is 2. The van der Waals surface area contributed by atoms with E-state index in [-0.39, 0.29) is 11.9 Å². The summed E-state index contributed by atoms with van der Waals surface area (Å²) in [5, 5.41) is 5.94. The number of methoxy groups -OCH3 is 1. The minimum absolute atomic E-state index is 0.166. The van der Waals surface area contributed by atoms with Crippen LogP contribution in [0.1, 0.15) is 29.0 Å². The number of urea groups is 1. The van der Waals surface area contributed by atoms with Crippen molar-refractivity contribution in [3.63, 3.8) is 0 Å². The van der Waals surface area contributed by atoms with Gasteiger partial charge in [0.25, 0.3) is 5.91 Å². The molecule has 0 spiro atoms. The molecular weight excluding hydrogens is 346 g/mol. The lowest BCUT2D eigenvalue weighted by Gasteiger charge is -2.30. The molecule has 3 rings (SSSR count). The highest BCUT2D eigenvalue weighted by atomic mass is 16.5. The smallest absolute Gasteiger partial charge is 0.319 e. The van der Waals surface area contributed by atoms with Crippen molar-refractivity contribution < 1.29 is 18.7 Å². The Morgan fingerprint density at radius 3 is 2.85 bits per heavy atom. The number of benzene rings is 1. The number of aryl methyl sites for hydroxylation is 1. The fourth-order valence-electron chi connectivity index (χ4n) is 3.39. The van der Waals surface area contributed by atoms with E-state index in [4.69, 9.17) is 9.15 Å². The van der Waals surface area contributed by atoms with Crippen LogP contribution in [0.5, 0.6) is 0 Å². The van der Waals surface area contributed by atoms with Gasteiger partial charge in [-0.3, -0.25) is 4.79 Å². The van der Waals surface area contributed by atoms with Crippen LogP contribution in [0.25, 0.3) is 0 Å². The number of hydrogen-bond donors (Lipinski definition) is 2. The first-order chi connectivity index (χ1) is 13.0. The van der Waals surface area contributed by atoms with E-state index in [1.807, 2.05) is 31.2 Å². The Labute approximate surface area is 158 Å². The van der Waals surface area contributed by atoms with E-state index < -0.39 is 5.54 Å². The third-order valence-electron chi connectivity index (χ3n) is 4.81. The number of carbonyl (C=O) groups excluding carboxylic acids is 2. The van der Waals surface area contributed by atoms with Crippen molar-refractivity contribution in [3.8, 4) is 0 Å². The number of anilines is 1. The normalized spacial score (nSPS) is 19.1. The molecule has 3 amide bonds. The summed E-state index contributed by atoms with van der Waals surface area (Å²) in [6.07, 6.45) is 2.76. The minimum Gasteiger partial charge on any atom is -0.459 e. The molecule has 1 saturated heterocycles. The highest BCUT2D eigenvalue weighted by Gasteiger charge is 2.41. The van der Waals surface area contributed by atoms with Gasteiger partial charge in [-0.1, -0.05) is 12.1 Å². The van der Waals surface area contributed by atoms with Gasteiger partial charge < -0.3 is 24.7 Å². The molecule has 27 heavy (non-hydrogen) atoms. The summed E-state index contributed by atoms with van der Waals surface area (Å²) >= 11 is 0. The number of nitrogens with zero attached hydrogens (tertiary/aromatic N) is 1. The summed E-state index contributed by atoms with van der Waals surface area (Å²) in [4.78, 5) is 26.8. The Kier molecular flexibility index (Phi) is 5.81. The van der Waals surface area contributed by atoms with Crippen LogP contribution in [0.3, 0.4) is 0 Å². The molecule has 0 saturated carbocycles. The summed E-state index contributed by atoms with van der Waals surface area (Å²) in [6, 6.07) is 10.7. The Balaban J connectivity index is 1.68. The van der Waals surface area contributed by atoms with E-state index >= 15 is 0 Å². The Morgan fingerprint density at radius 2 is 2.15 bits per heavy atom. The molecule has 0 bridgehead atoms. The van der Waals surface area contributed by atoms with Crippen molar-refractivity contribution >= 4 is 17.6 Å². The number of carbonyl (C=O) groups is 2. The van der Waals surface area contributed by atoms with Gasteiger partial charge in [-0.05, 0) is 49.6 Å². The molecular formula is C20H25N3O4. The van der Waals surface area contributed by atoms with Crippen LogP contribution in [-0.2, 0) is 4.74 Å². The van der Waals surface area contributed by atoms with Crippen LogP contribution in [0.2, 0.25) is 0 Å². The Morgan fingerprint density at radius 1 is 1.30 bits per heavy atom. The third kappa shape index (κ3) is 4.68. The lowest BCUT2D eigenvalue weighted by Crippen LogP contribution is -2.53. The van der Waals surface area contributed by atoms with Crippen molar-refractivity contribution in [1.29, 1.82) is 0 Å². The summed E-state index contributed by atoms with van der Waals surface area (Å²) in [7, 11) is 1.63. The van der Waals surface area contributed by atoms with Crippen LogP contribution >= 0.6 is 0 Å². The quantitative estimate of drug-likeness (QED) is 0.817. The van der Waals surface area contributed by atoms with Crippen LogP contribution in [-0.4, -0.2) is 49.2 Å². The average molecular weight is 371 g/mol. The Hall–Kier alpha value is -2.80. The van der Waals surface area contributed by atoms with Crippen LogP contribution < -0.4 is 10.6 Å². The van der Waals surface area contributed by atoms with Gasteiger partial charge in [0.2, 0.25) is 0 Å². The minimum atomic E-state index is -0.536. The van der Waals surface area contributed by atoms with Crippen molar-refractivity contribution in [2.45, 2.75) is 25.3 Å². The number of furan rings is 1. The van der Waals surface area contributed by atoms with Crippen molar-refractivity contribution in [2.24, 2.45) is 0 Å². The Bertz CT molecular complexity index is 790. The summed E-state index contributed by atoms with van der Waals surface area (Å²) < 4.78 is 10.4. The molecule has 7 nitrogen and oxygen atoms in total. The zero-order valence-corrected chi connectivity index (χ0v) is 15.7. The van der Waals surface area contributed by atoms with E-state index in [2.05, 4.69) is 10.6 Å². The molecule has 7 heteroatoms. The maximum Gasteiger partial charge on any atom is 0.319 e. The largest absolute Gasteiger partial charge is 0.459 e. The first kappa shape index (κ1) is 19.0. The number of amides is 3. The highest BCUT2D eigenvalue weighted by molar-refractivity contribution is 5.92. The van der Waals surface area contributed by atoms with Crippen molar-refractivity contribution in [1.82, 2.24) is 10.2 Å². The number of hydrogen-bond acceptors (Lipinski definition) is 4. The van der Waals surface area contributed by atoms with Gasteiger partial charge in [0.05, 0.1) is 11.8 Å². The van der Waals surface area contributed by atoms with Crippen molar-refractivity contribution in [2.75, 3.05) is 32.1 Å². The lowest BCUT2D eigenvalue weighted by molar-refractivity contribution is 0.0741. The second kappa shape index (κ2) is 8.26. The molecule has 1 aromatic heterocycles. The van der Waals surface area contributed by atoms with E-state index in [0.29, 0.717) is 38.3 Å². The molecule has 1 aromatic carbocycles. The molecule has 0 aliphatic carbocycles. The lowest BCUT2D eigenvalue weighted by atomic mass is 9.94. The predicted octanol–water partition coefficient (Wildman–Crippen LogP) is 3.03. The molecule has 2 N–H and O–H groups in total. The van der Waals surface area contributed by atoms with Gasteiger partial charge in [0, 0.05) is 32.5 Å². The monoisotopic (exact) mass is 371 g/mol. The van der Waals surface area contributed by atoms with E-state index in [9.17, 15) is 9.59 Å². The fourth-order valence-corrected chi connectivity index (χ4v) is 3.39. The van der Waals surface area contributed by atoms with Crippen LogP contribution in [0.4, 0.5) is 10.5 Å². The van der Waals surface area contributed by atoms with Crippen molar-refractivity contribution in [3.05, 3.63) is 54.0 Å². The van der Waals surface area contributed by atoms with Gasteiger partial charge in [-0.2, -0.15) is 0 Å². The predicted molar refractivity (Wildman–Crippen MR) is 102 cm³/mol. The molecule has 1 aliphatic rings. The maximum atomic E-state index is 12.6. The first-order valence-corrected chi connectivity index (χ1v) is 8.99. The molecule has 144 valence electrons. The zero-order valence-electron chi connectivity index (χ0n) is 15.7. The fraction of sp³-hybridized carbons (Fsp3) is 0.400. The second-order valence-electron chi connectivity index (χ2n) is 6.93. The number of ether oxygens (including phenoxy) is 1. The molecule has 1 unspecified atom stereocenters. The average Bonchev–Trinajstić information content (AvgIpc) is 3.30. The summed E-state index contributed by atoms with van der Waals surface area (Å²) in [5.41, 5.74) is 1.26. The molecule has 2 aromatic rings. The number of rotatable bonds is 6. The van der Waals surface area contributed by atoms with E-state index in [1.165, 1.54) is 6.26 Å².